The quantitative estimate of drug-likeness (QED) is 0.822. The van der Waals surface area contributed by atoms with Crippen LogP contribution in [-0.2, 0) is 7.05 Å². The van der Waals surface area contributed by atoms with E-state index < -0.39 is 5.97 Å². The van der Waals surface area contributed by atoms with Crippen LogP contribution in [0.4, 0.5) is 0 Å². The van der Waals surface area contributed by atoms with E-state index in [1.165, 1.54) is 37.8 Å². The SMILES string of the molecule is CC.Cc1c(C2CCCCC2)n(C)c2cc(O)c(C(=O)O)cc12. The van der Waals surface area contributed by atoms with Gasteiger partial charge < -0.3 is 14.8 Å². The van der Waals surface area contributed by atoms with Gasteiger partial charge in [0.1, 0.15) is 11.3 Å². The molecule has 4 heteroatoms. The van der Waals surface area contributed by atoms with E-state index in [0.717, 1.165) is 16.5 Å². The molecule has 126 valence electrons. The molecule has 2 aromatic rings. The second-order valence-electron chi connectivity index (χ2n) is 6.10. The van der Waals surface area contributed by atoms with Crippen LogP contribution in [0.3, 0.4) is 0 Å². The number of aryl methyl sites for hydroxylation is 2. The standard InChI is InChI=1S/C17H21NO3.C2H6/c1-10-12-8-13(17(20)21)15(19)9-14(12)18(2)16(10)11-6-4-3-5-7-11;1-2/h8-9,11,19H,3-7H2,1-2H3,(H,20,21);1-2H3. The van der Waals surface area contributed by atoms with E-state index >= 15 is 0 Å². The number of phenols is 1. The van der Waals surface area contributed by atoms with Crippen molar-refractivity contribution < 1.29 is 15.0 Å². The smallest absolute Gasteiger partial charge is 0.339 e. The minimum Gasteiger partial charge on any atom is -0.507 e. The highest BCUT2D eigenvalue weighted by molar-refractivity contribution is 5.98. The van der Waals surface area contributed by atoms with Crippen molar-refractivity contribution in [3.63, 3.8) is 0 Å². The predicted molar refractivity (Wildman–Crippen MR) is 93.5 cm³/mol. The Balaban J connectivity index is 0.000000924. The van der Waals surface area contributed by atoms with Gasteiger partial charge in [0, 0.05) is 24.2 Å². The molecule has 1 aliphatic carbocycles. The minimum atomic E-state index is -1.09. The van der Waals surface area contributed by atoms with Crippen LogP contribution in [0, 0.1) is 6.92 Å². The summed E-state index contributed by atoms with van der Waals surface area (Å²) >= 11 is 0. The molecule has 1 aliphatic rings. The third kappa shape index (κ3) is 3.07. The van der Waals surface area contributed by atoms with Crippen LogP contribution in [0.5, 0.6) is 5.75 Å². The van der Waals surface area contributed by atoms with Crippen molar-refractivity contribution in [2.75, 3.05) is 0 Å². The van der Waals surface area contributed by atoms with Crippen LogP contribution < -0.4 is 0 Å². The summed E-state index contributed by atoms with van der Waals surface area (Å²) in [5.41, 5.74) is 3.34. The summed E-state index contributed by atoms with van der Waals surface area (Å²) < 4.78 is 2.13. The normalized spacial score (nSPS) is 15.3. The number of aromatic nitrogens is 1. The van der Waals surface area contributed by atoms with Crippen molar-refractivity contribution in [2.45, 2.75) is 58.8 Å². The number of fused-ring (bicyclic) bond motifs is 1. The monoisotopic (exact) mass is 317 g/mol. The van der Waals surface area contributed by atoms with Crippen molar-refractivity contribution in [3.8, 4) is 5.75 Å². The topological polar surface area (TPSA) is 62.5 Å². The lowest BCUT2D eigenvalue weighted by atomic mass is 9.85. The molecule has 0 saturated heterocycles. The van der Waals surface area contributed by atoms with Gasteiger partial charge in [-0.25, -0.2) is 4.79 Å². The Labute approximate surface area is 137 Å². The molecule has 0 aliphatic heterocycles. The highest BCUT2D eigenvalue weighted by Crippen LogP contribution is 2.39. The van der Waals surface area contributed by atoms with Gasteiger partial charge in [-0.05, 0) is 37.3 Å². The van der Waals surface area contributed by atoms with Gasteiger partial charge in [0.25, 0.3) is 0 Å². The average molecular weight is 317 g/mol. The molecule has 1 fully saturated rings. The second kappa shape index (κ2) is 7.07. The van der Waals surface area contributed by atoms with Crippen molar-refractivity contribution in [2.24, 2.45) is 7.05 Å². The number of aromatic hydroxyl groups is 1. The molecular formula is C19H27NO3. The Morgan fingerprint density at radius 1 is 1.17 bits per heavy atom. The zero-order valence-corrected chi connectivity index (χ0v) is 14.5. The van der Waals surface area contributed by atoms with Crippen molar-refractivity contribution >= 4 is 16.9 Å². The van der Waals surface area contributed by atoms with Gasteiger partial charge in [-0.2, -0.15) is 0 Å². The summed E-state index contributed by atoms with van der Waals surface area (Å²) in [4.78, 5) is 11.2. The molecule has 0 bridgehead atoms. The van der Waals surface area contributed by atoms with E-state index in [0.29, 0.717) is 5.92 Å². The zero-order chi connectivity index (χ0) is 17.1. The summed E-state index contributed by atoms with van der Waals surface area (Å²) in [5, 5.41) is 20.0. The number of carboxylic acid groups (broad SMARTS) is 1. The molecule has 1 aromatic heterocycles. The molecule has 1 aromatic carbocycles. The van der Waals surface area contributed by atoms with E-state index in [2.05, 4.69) is 11.5 Å². The Morgan fingerprint density at radius 3 is 2.35 bits per heavy atom. The van der Waals surface area contributed by atoms with Gasteiger partial charge in [0.2, 0.25) is 0 Å². The third-order valence-electron chi connectivity index (χ3n) is 4.85. The van der Waals surface area contributed by atoms with Gasteiger partial charge in [-0.15, -0.1) is 0 Å². The minimum absolute atomic E-state index is 0.0219. The first-order valence-corrected chi connectivity index (χ1v) is 8.56. The molecule has 23 heavy (non-hydrogen) atoms. The highest BCUT2D eigenvalue weighted by Gasteiger charge is 2.24. The van der Waals surface area contributed by atoms with Crippen molar-refractivity contribution in [1.82, 2.24) is 4.57 Å². The van der Waals surface area contributed by atoms with Crippen LogP contribution in [0.2, 0.25) is 0 Å². The third-order valence-corrected chi connectivity index (χ3v) is 4.85. The van der Waals surface area contributed by atoms with Crippen LogP contribution in [0.1, 0.15) is 73.5 Å². The summed E-state index contributed by atoms with van der Waals surface area (Å²) in [6.07, 6.45) is 6.23. The lowest BCUT2D eigenvalue weighted by Crippen LogP contribution is -2.09. The first-order valence-electron chi connectivity index (χ1n) is 8.56. The molecule has 1 heterocycles. The van der Waals surface area contributed by atoms with E-state index in [-0.39, 0.29) is 11.3 Å². The number of aromatic carboxylic acids is 1. The first-order chi connectivity index (χ1) is 11.0. The number of nitrogens with zero attached hydrogens (tertiary/aromatic N) is 1. The fourth-order valence-corrected chi connectivity index (χ4v) is 3.80. The van der Waals surface area contributed by atoms with Gasteiger partial charge in [-0.1, -0.05) is 33.1 Å². The summed E-state index contributed by atoms with van der Waals surface area (Å²) in [7, 11) is 2.01. The van der Waals surface area contributed by atoms with E-state index in [9.17, 15) is 15.0 Å². The Morgan fingerprint density at radius 2 is 1.78 bits per heavy atom. The lowest BCUT2D eigenvalue weighted by molar-refractivity contribution is 0.0694. The molecule has 2 N–H and O–H groups in total. The molecule has 0 unspecified atom stereocenters. The average Bonchev–Trinajstić information content (AvgIpc) is 2.80. The number of benzene rings is 1. The Kier molecular flexibility index (Phi) is 5.34. The fourth-order valence-electron chi connectivity index (χ4n) is 3.80. The number of carbonyl (C=O) groups is 1. The van der Waals surface area contributed by atoms with E-state index in [1.54, 1.807) is 12.1 Å². The summed E-state index contributed by atoms with van der Waals surface area (Å²) in [6.45, 7) is 6.06. The van der Waals surface area contributed by atoms with E-state index in [4.69, 9.17) is 0 Å². The molecule has 3 rings (SSSR count). The maximum absolute atomic E-state index is 11.2. The van der Waals surface area contributed by atoms with Gasteiger partial charge in [-0.3, -0.25) is 0 Å². The molecule has 0 atom stereocenters. The Hall–Kier alpha value is -1.97. The number of hydrogen-bond donors (Lipinski definition) is 2. The second-order valence-corrected chi connectivity index (χ2v) is 6.10. The summed E-state index contributed by atoms with van der Waals surface area (Å²) in [5.74, 6) is -0.700. The van der Waals surface area contributed by atoms with Crippen LogP contribution in [0.15, 0.2) is 12.1 Å². The largest absolute Gasteiger partial charge is 0.507 e. The van der Waals surface area contributed by atoms with Gasteiger partial charge in [0.05, 0.1) is 5.52 Å². The number of rotatable bonds is 2. The first kappa shape index (κ1) is 17.4. The van der Waals surface area contributed by atoms with Crippen LogP contribution >= 0.6 is 0 Å². The number of hydrogen-bond acceptors (Lipinski definition) is 2. The molecule has 0 amide bonds. The molecule has 1 saturated carbocycles. The Bertz CT molecular complexity index is 709. The number of carboxylic acids is 1. The molecule has 0 spiro atoms. The molecular weight excluding hydrogens is 290 g/mol. The van der Waals surface area contributed by atoms with Crippen molar-refractivity contribution in [3.05, 3.63) is 29.0 Å². The van der Waals surface area contributed by atoms with E-state index in [1.807, 2.05) is 20.9 Å². The van der Waals surface area contributed by atoms with Crippen LogP contribution in [0.25, 0.3) is 10.9 Å². The zero-order valence-electron chi connectivity index (χ0n) is 14.5. The van der Waals surface area contributed by atoms with Crippen molar-refractivity contribution in [1.29, 1.82) is 0 Å². The molecule has 4 nitrogen and oxygen atoms in total. The summed E-state index contributed by atoms with van der Waals surface area (Å²) in [6, 6.07) is 3.19. The molecule has 0 radical (unpaired) electrons. The highest BCUT2D eigenvalue weighted by atomic mass is 16.4. The van der Waals surface area contributed by atoms with Gasteiger partial charge in [0.15, 0.2) is 0 Å². The predicted octanol–water partition coefficient (Wildman–Crippen LogP) is 4.96. The van der Waals surface area contributed by atoms with Crippen LogP contribution in [-0.4, -0.2) is 20.7 Å². The maximum atomic E-state index is 11.2. The fraction of sp³-hybridized carbons (Fsp3) is 0.526. The van der Waals surface area contributed by atoms with Gasteiger partial charge >= 0.3 is 5.97 Å². The lowest BCUT2D eigenvalue weighted by Gasteiger charge is -2.23. The maximum Gasteiger partial charge on any atom is 0.339 e.